The van der Waals surface area contributed by atoms with Crippen molar-refractivity contribution >= 4 is 42.1 Å². The maximum absolute atomic E-state index is 12.1. The van der Waals surface area contributed by atoms with Gasteiger partial charge in [0.25, 0.3) is 5.91 Å². The van der Waals surface area contributed by atoms with E-state index in [1.165, 1.54) is 36.0 Å². The molecule has 4 N–H and O–H groups in total. The Kier molecular flexibility index (Phi) is 9.71. The third kappa shape index (κ3) is 7.08. The number of hydroxylamine groups is 1. The highest BCUT2D eigenvalue weighted by molar-refractivity contribution is 7.72. The van der Waals surface area contributed by atoms with E-state index in [0.717, 1.165) is 19.3 Å². The van der Waals surface area contributed by atoms with Crippen LogP contribution in [-0.2, 0) is 9.53 Å². The molecule has 30 heavy (non-hydrogen) atoms. The summed E-state index contributed by atoms with van der Waals surface area (Å²) in [4.78, 5) is 23.9. The summed E-state index contributed by atoms with van der Waals surface area (Å²) in [5.41, 5.74) is 0.686. The van der Waals surface area contributed by atoms with E-state index < -0.39 is 18.6 Å². The van der Waals surface area contributed by atoms with Crippen LogP contribution in [0.1, 0.15) is 45.4 Å². The van der Waals surface area contributed by atoms with Crippen LogP contribution in [0.25, 0.3) is 5.69 Å². The van der Waals surface area contributed by atoms with Gasteiger partial charge in [-0.25, -0.2) is 4.79 Å². The first-order valence-corrected chi connectivity index (χ1v) is 10.7. The summed E-state index contributed by atoms with van der Waals surface area (Å²) in [6.07, 6.45) is 5.65. The van der Waals surface area contributed by atoms with Crippen molar-refractivity contribution in [2.45, 2.75) is 45.4 Å². The molecule has 2 amide bonds. The summed E-state index contributed by atoms with van der Waals surface area (Å²) in [6.45, 7) is 2.23. The molecule has 164 valence electrons. The Bertz CT molecular complexity index is 925. The number of hydrogen-bond donors (Lipinski definition) is 4. The number of hydrogen-bond acceptors (Lipinski definition) is 6. The maximum Gasteiger partial charge on any atom is 0.439 e. The number of H-pyrrole nitrogens is 2. The van der Waals surface area contributed by atoms with Crippen LogP contribution >= 0.6 is 24.4 Å². The molecule has 0 radical (unpaired) electrons. The second-order valence-corrected chi connectivity index (χ2v) is 7.47. The van der Waals surface area contributed by atoms with Crippen LogP contribution in [0, 0.1) is 9.54 Å². The molecule has 2 rings (SSSR count). The second-order valence-electron chi connectivity index (χ2n) is 6.70. The van der Waals surface area contributed by atoms with Crippen molar-refractivity contribution in [3.8, 4) is 5.69 Å². The summed E-state index contributed by atoms with van der Waals surface area (Å²) in [7, 11) is 0. The van der Waals surface area contributed by atoms with Gasteiger partial charge in [0, 0.05) is 6.54 Å². The molecular weight excluding hydrogens is 426 g/mol. The third-order valence-corrected chi connectivity index (χ3v) is 4.94. The van der Waals surface area contributed by atoms with E-state index in [1.54, 1.807) is 12.1 Å². The van der Waals surface area contributed by atoms with E-state index in [4.69, 9.17) is 29.2 Å². The Labute approximate surface area is 185 Å². The highest BCUT2D eigenvalue weighted by atomic mass is 32.1. The minimum absolute atomic E-state index is 0.141. The molecule has 0 saturated heterocycles. The van der Waals surface area contributed by atoms with E-state index in [1.807, 2.05) is 0 Å². The maximum atomic E-state index is 12.1. The van der Waals surface area contributed by atoms with Gasteiger partial charge in [-0.3, -0.25) is 24.8 Å². The zero-order chi connectivity index (χ0) is 21.9. The van der Waals surface area contributed by atoms with Crippen molar-refractivity contribution in [3.05, 3.63) is 33.8 Å². The summed E-state index contributed by atoms with van der Waals surface area (Å²) >= 11 is 10.3. The number of ether oxygens (including phenoxy) is 1. The molecule has 0 aliphatic carbocycles. The Morgan fingerprint density at radius 3 is 2.50 bits per heavy atom. The van der Waals surface area contributed by atoms with E-state index in [2.05, 4.69) is 22.4 Å². The molecule has 0 spiro atoms. The summed E-state index contributed by atoms with van der Waals surface area (Å²) in [6, 6.07) is 6.35. The number of amides is 2. The molecular formula is C19H27N5O4S2. The van der Waals surface area contributed by atoms with E-state index in [-0.39, 0.29) is 5.69 Å². The topological polar surface area (TPSA) is 115 Å². The predicted molar refractivity (Wildman–Crippen MR) is 118 cm³/mol. The first kappa shape index (κ1) is 23.8. The van der Waals surface area contributed by atoms with Crippen LogP contribution in [0.5, 0.6) is 0 Å². The van der Waals surface area contributed by atoms with Gasteiger partial charge in [-0.15, -0.1) is 0 Å². The number of aromatic amines is 2. The Morgan fingerprint density at radius 1 is 1.13 bits per heavy atom. The largest absolute Gasteiger partial charge is 0.439 e. The zero-order valence-electron chi connectivity index (χ0n) is 16.8. The molecule has 0 aliphatic heterocycles. The van der Waals surface area contributed by atoms with Gasteiger partial charge in [0.1, 0.15) is 0 Å². The fourth-order valence-corrected chi connectivity index (χ4v) is 3.34. The number of nitrogens with one attached hydrogen (secondary N) is 3. The van der Waals surface area contributed by atoms with Crippen LogP contribution < -0.4 is 10.4 Å². The molecule has 0 saturated carbocycles. The number of aromatic nitrogens is 3. The van der Waals surface area contributed by atoms with Gasteiger partial charge in [-0.05, 0) is 49.1 Å². The number of nitrogens with zero attached hydrogens (tertiary/aromatic N) is 2. The second kappa shape index (κ2) is 12.3. The predicted octanol–water partition coefficient (Wildman–Crippen LogP) is 4.40. The van der Waals surface area contributed by atoms with E-state index >= 15 is 0 Å². The highest BCUT2D eigenvalue weighted by Gasteiger charge is 2.17. The first-order valence-electron chi connectivity index (χ1n) is 9.86. The lowest BCUT2D eigenvalue weighted by Crippen LogP contribution is -2.34. The molecule has 11 heteroatoms. The number of benzene rings is 1. The molecule has 0 fully saturated rings. The van der Waals surface area contributed by atoms with Crippen molar-refractivity contribution in [2.24, 2.45) is 0 Å². The lowest BCUT2D eigenvalue weighted by molar-refractivity contribution is -0.124. The Morgan fingerprint density at radius 2 is 1.80 bits per heavy atom. The number of rotatable bonds is 11. The van der Waals surface area contributed by atoms with Crippen LogP contribution in [0.3, 0.4) is 0 Å². The van der Waals surface area contributed by atoms with Crippen molar-refractivity contribution in [3.63, 3.8) is 0 Å². The quantitative estimate of drug-likeness (QED) is 0.173. The molecule has 2 aromatic rings. The van der Waals surface area contributed by atoms with Crippen molar-refractivity contribution in [2.75, 3.05) is 18.2 Å². The van der Waals surface area contributed by atoms with Gasteiger partial charge < -0.3 is 10.1 Å². The van der Waals surface area contributed by atoms with Crippen LogP contribution in [0.15, 0.2) is 24.3 Å². The number of carbonyl (C=O) groups excluding carboxylic acids is 2. The average molecular weight is 454 g/mol. The standard InChI is InChI=1S/C19H27N5O4S2/c1-2-3-4-5-6-7-11-20-16(25)13-28-19(26)24(27)15-10-8-9-14(12-15)23-17(29)21-22-18(23)30/h8-10,12,27H,2-7,11,13H2,1H3,(H,20,25)(H,21,29)(H,22,30). The molecule has 1 heterocycles. The normalized spacial score (nSPS) is 10.6. The van der Waals surface area contributed by atoms with Gasteiger partial charge in [0.2, 0.25) is 0 Å². The zero-order valence-corrected chi connectivity index (χ0v) is 18.5. The first-order chi connectivity index (χ1) is 14.4. The summed E-state index contributed by atoms with van der Waals surface area (Å²) < 4.78 is 7.08. The molecule has 1 aromatic heterocycles. The van der Waals surface area contributed by atoms with Gasteiger partial charge >= 0.3 is 6.09 Å². The lowest BCUT2D eigenvalue weighted by Gasteiger charge is -2.15. The Hall–Kier alpha value is -2.50. The molecule has 1 aromatic carbocycles. The Balaban J connectivity index is 1.81. The van der Waals surface area contributed by atoms with Gasteiger partial charge in [-0.2, -0.15) is 5.06 Å². The lowest BCUT2D eigenvalue weighted by atomic mass is 10.1. The third-order valence-electron chi connectivity index (χ3n) is 4.37. The SMILES string of the molecule is CCCCCCCCNC(=O)COC(=O)N(O)c1cccc(-n2c(=S)[nH][nH]c2=S)c1. The fourth-order valence-electron chi connectivity index (χ4n) is 2.79. The van der Waals surface area contributed by atoms with Gasteiger partial charge in [0.15, 0.2) is 16.1 Å². The molecule has 0 bridgehead atoms. The smallest absolute Gasteiger partial charge is 0.438 e. The number of unbranched alkanes of at least 4 members (excludes halogenated alkanes) is 5. The minimum Gasteiger partial charge on any atom is -0.438 e. The summed E-state index contributed by atoms with van der Waals surface area (Å²) in [5, 5.41) is 18.6. The molecule has 0 aliphatic rings. The number of anilines is 1. The van der Waals surface area contributed by atoms with Crippen LogP contribution in [0.4, 0.5) is 10.5 Å². The van der Waals surface area contributed by atoms with Crippen molar-refractivity contribution in [1.82, 2.24) is 20.1 Å². The molecule has 9 nitrogen and oxygen atoms in total. The van der Waals surface area contributed by atoms with Crippen molar-refractivity contribution < 1.29 is 19.5 Å². The average Bonchev–Trinajstić information content (AvgIpc) is 3.08. The number of carbonyl (C=O) groups is 2. The molecule has 0 atom stereocenters. The van der Waals surface area contributed by atoms with Crippen LogP contribution in [-0.4, -0.2) is 45.1 Å². The fraction of sp³-hybridized carbons (Fsp3) is 0.474. The summed E-state index contributed by atoms with van der Waals surface area (Å²) in [5.74, 6) is -0.413. The minimum atomic E-state index is -1.07. The van der Waals surface area contributed by atoms with Gasteiger partial charge in [0.05, 0.1) is 11.4 Å². The highest BCUT2D eigenvalue weighted by Crippen LogP contribution is 2.19. The van der Waals surface area contributed by atoms with E-state index in [0.29, 0.717) is 26.8 Å². The monoisotopic (exact) mass is 453 g/mol. The van der Waals surface area contributed by atoms with E-state index in [9.17, 15) is 14.8 Å². The van der Waals surface area contributed by atoms with Gasteiger partial charge in [-0.1, -0.05) is 45.1 Å². The van der Waals surface area contributed by atoms with Crippen molar-refractivity contribution in [1.29, 1.82) is 0 Å². The van der Waals surface area contributed by atoms with Crippen LogP contribution in [0.2, 0.25) is 0 Å². The molecule has 0 unspecified atom stereocenters.